The number of nitrogens with two attached hydrogens (primary N) is 1. The minimum Gasteiger partial charge on any atom is -0.482 e. The zero-order valence-corrected chi connectivity index (χ0v) is 14.9. The van der Waals surface area contributed by atoms with Gasteiger partial charge in [-0.25, -0.2) is 4.79 Å². The summed E-state index contributed by atoms with van der Waals surface area (Å²) in [6, 6.07) is 23.4. The molecule has 3 rings (SSSR count). The lowest BCUT2D eigenvalue weighted by molar-refractivity contribution is -0.142. The summed E-state index contributed by atoms with van der Waals surface area (Å²) in [6.45, 7) is -0.104. The summed E-state index contributed by atoms with van der Waals surface area (Å²) in [4.78, 5) is 11.1. The van der Waals surface area contributed by atoms with Gasteiger partial charge in [-0.15, -0.1) is 0 Å². The van der Waals surface area contributed by atoms with Crippen molar-refractivity contribution in [3.8, 4) is 28.0 Å². The highest BCUT2D eigenvalue weighted by atomic mass is 16.6. The third kappa shape index (κ3) is 4.52. The van der Waals surface area contributed by atoms with Crippen LogP contribution in [-0.2, 0) is 9.53 Å². The Kier molecular flexibility index (Phi) is 5.52. The molecule has 0 aromatic heterocycles. The smallest absolute Gasteiger partial charge is 0.343 e. The Hall–Kier alpha value is -3.60. The van der Waals surface area contributed by atoms with Crippen LogP contribution in [0.1, 0.15) is 5.56 Å². The first-order chi connectivity index (χ1) is 13.1. The van der Waals surface area contributed by atoms with E-state index >= 15 is 0 Å². The number of carbonyl (C=O) groups is 1. The van der Waals surface area contributed by atoms with Crippen molar-refractivity contribution in [2.45, 2.75) is 0 Å². The van der Waals surface area contributed by atoms with Gasteiger partial charge in [-0.2, -0.15) is 0 Å². The van der Waals surface area contributed by atoms with Crippen LogP contribution in [0.25, 0.3) is 22.3 Å². The van der Waals surface area contributed by atoms with Gasteiger partial charge in [0.25, 0.3) is 0 Å². The average Bonchev–Trinajstić information content (AvgIpc) is 2.72. The Labute approximate surface area is 157 Å². The van der Waals surface area contributed by atoms with Crippen molar-refractivity contribution < 1.29 is 14.3 Å². The van der Waals surface area contributed by atoms with Crippen molar-refractivity contribution in [3.05, 3.63) is 78.4 Å². The molecule has 0 bridgehead atoms. The summed E-state index contributed by atoms with van der Waals surface area (Å²) in [7, 11) is 1.33. The van der Waals surface area contributed by atoms with Crippen molar-refractivity contribution in [3.63, 3.8) is 0 Å². The van der Waals surface area contributed by atoms with E-state index in [1.54, 1.807) is 0 Å². The molecule has 0 fully saturated rings. The molecule has 0 radical (unpaired) electrons. The second-order valence-corrected chi connectivity index (χ2v) is 5.96. The van der Waals surface area contributed by atoms with Crippen molar-refractivity contribution in [2.24, 2.45) is 5.73 Å². The van der Waals surface area contributed by atoms with E-state index in [0.717, 1.165) is 22.3 Å². The maximum Gasteiger partial charge on any atom is 0.343 e. The number of methoxy groups -OCH3 is 1. The number of ether oxygens (including phenoxy) is 2. The van der Waals surface area contributed by atoms with E-state index in [9.17, 15) is 4.79 Å². The Morgan fingerprint density at radius 3 is 1.63 bits per heavy atom. The van der Waals surface area contributed by atoms with Gasteiger partial charge in [0.2, 0.25) is 0 Å². The van der Waals surface area contributed by atoms with Crippen LogP contribution in [0, 0.1) is 5.41 Å². The maximum absolute atomic E-state index is 11.1. The van der Waals surface area contributed by atoms with E-state index in [2.05, 4.69) is 29.0 Å². The normalized spacial score (nSPS) is 10.3. The first-order valence-electron chi connectivity index (χ1n) is 8.42. The fourth-order valence-electron chi connectivity index (χ4n) is 2.64. The Morgan fingerprint density at radius 2 is 1.22 bits per heavy atom. The van der Waals surface area contributed by atoms with Gasteiger partial charge in [-0.05, 0) is 34.4 Å². The van der Waals surface area contributed by atoms with Crippen molar-refractivity contribution in [2.75, 3.05) is 13.7 Å². The molecule has 3 N–H and O–H groups in total. The molecule has 5 heteroatoms. The van der Waals surface area contributed by atoms with E-state index < -0.39 is 5.97 Å². The van der Waals surface area contributed by atoms with Crippen LogP contribution in [0.5, 0.6) is 5.75 Å². The highest BCUT2D eigenvalue weighted by Crippen LogP contribution is 2.26. The van der Waals surface area contributed by atoms with Gasteiger partial charge >= 0.3 is 5.97 Å². The molecular weight excluding hydrogens is 340 g/mol. The number of hydrogen-bond donors (Lipinski definition) is 2. The molecule has 5 nitrogen and oxygen atoms in total. The molecule has 0 saturated heterocycles. The standard InChI is InChI=1S/C22H20N2O3/c1-26-21(25)14-27-20-12-10-18(11-13-20)16-4-2-15(3-5-16)17-6-8-19(9-7-17)22(23)24/h2-13H,14H2,1H3,(H3,23,24). The predicted octanol–water partition coefficient (Wildman–Crippen LogP) is 3.86. The first kappa shape index (κ1) is 18.2. The lowest BCUT2D eigenvalue weighted by Crippen LogP contribution is -2.12. The first-order valence-corrected chi connectivity index (χ1v) is 8.42. The average molecular weight is 360 g/mol. The van der Waals surface area contributed by atoms with Crippen molar-refractivity contribution in [1.82, 2.24) is 0 Å². The quantitative estimate of drug-likeness (QED) is 0.397. The van der Waals surface area contributed by atoms with E-state index in [1.807, 2.05) is 48.5 Å². The molecule has 3 aromatic carbocycles. The van der Waals surface area contributed by atoms with E-state index in [0.29, 0.717) is 11.3 Å². The number of amidine groups is 1. The van der Waals surface area contributed by atoms with Crippen molar-refractivity contribution in [1.29, 1.82) is 5.41 Å². The molecule has 0 amide bonds. The molecule has 0 atom stereocenters. The summed E-state index contributed by atoms with van der Waals surface area (Å²) >= 11 is 0. The van der Waals surface area contributed by atoms with Gasteiger partial charge < -0.3 is 15.2 Å². The van der Waals surface area contributed by atoms with Gasteiger partial charge in [0, 0.05) is 5.56 Å². The molecule has 3 aromatic rings. The lowest BCUT2D eigenvalue weighted by atomic mass is 9.99. The highest BCUT2D eigenvalue weighted by molar-refractivity contribution is 5.95. The number of hydrogen-bond acceptors (Lipinski definition) is 4. The van der Waals surface area contributed by atoms with Gasteiger partial charge in [0.15, 0.2) is 6.61 Å². The fraction of sp³-hybridized carbons (Fsp3) is 0.0909. The second kappa shape index (κ2) is 8.19. The van der Waals surface area contributed by atoms with Crippen LogP contribution < -0.4 is 10.5 Å². The van der Waals surface area contributed by atoms with Crippen LogP contribution in [0.15, 0.2) is 72.8 Å². The molecular formula is C22H20N2O3. The number of carbonyl (C=O) groups excluding carboxylic acids is 1. The number of benzene rings is 3. The zero-order valence-electron chi connectivity index (χ0n) is 14.9. The number of esters is 1. The van der Waals surface area contributed by atoms with E-state index in [1.165, 1.54) is 7.11 Å². The van der Waals surface area contributed by atoms with E-state index in [4.69, 9.17) is 15.9 Å². The minimum atomic E-state index is -0.411. The van der Waals surface area contributed by atoms with Crippen LogP contribution in [0.2, 0.25) is 0 Å². The zero-order chi connectivity index (χ0) is 19.2. The fourth-order valence-corrected chi connectivity index (χ4v) is 2.64. The predicted molar refractivity (Wildman–Crippen MR) is 106 cm³/mol. The Morgan fingerprint density at radius 1 is 0.815 bits per heavy atom. The Balaban J connectivity index is 1.71. The van der Waals surface area contributed by atoms with Gasteiger partial charge in [-0.3, -0.25) is 5.41 Å². The molecule has 0 unspecified atom stereocenters. The summed E-state index contributed by atoms with van der Waals surface area (Å²) in [5.41, 5.74) is 10.5. The molecule has 0 aliphatic heterocycles. The van der Waals surface area contributed by atoms with Gasteiger partial charge in [-0.1, -0.05) is 60.7 Å². The van der Waals surface area contributed by atoms with Gasteiger partial charge in [0.05, 0.1) is 7.11 Å². The summed E-state index contributed by atoms with van der Waals surface area (Å²) in [5.74, 6) is 0.272. The monoisotopic (exact) mass is 360 g/mol. The minimum absolute atomic E-state index is 0.0657. The summed E-state index contributed by atoms with van der Waals surface area (Å²) in [6.07, 6.45) is 0. The van der Waals surface area contributed by atoms with Crippen LogP contribution in [0.3, 0.4) is 0 Å². The maximum atomic E-state index is 11.1. The summed E-state index contributed by atoms with van der Waals surface area (Å²) < 4.78 is 9.90. The molecule has 0 aliphatic carbocycles. The molecule has 0 saturated carbocycles. The highest BCUT2D eigenvalue weighted by Gasteiger charge is 2.04. The summed E-state index contributed by atoms with van der Waals surface area (Å²) in [5, 5.41) is 7.45. The van der Waals surface area contributed by atoms with Gasteiger partial charge in [0.1, 0.15) is 11.6 Å². The molecule has 0 spiro atoms. The van der Waals surface area contributed by atoms with Crippen LogP contribution in [-0.4, -0.2) is 25.5 Å². The molecule has 136 valence electrons. The van der Waals surface area contributed by atoms with Crippen LogP contribution in [0.4, 0.5) is 0 Å². The molecule has 0 aliphatic rings. The number of rotatable bonds is 6. The van der Waals surface area contributed by atoms with Crippen molar-refractivity contribution >= 4 is 11.8 Å². The third-order valence-electron chi connectivity index (χ3n) is 4.19. The largest absolute Gasteiger partial charge is 0.482 e. The Bertz CT molecular complexity index is 931. The van der Waals surface area contributed by atoms with Crippen LogP contribution >= 0.6 is 0 Å². The number of nitrogen functional groups attached to an aromatic ring is 1. The SMILES string of the molecule is COC(=O)COc1ccc(-c2ccc(-c3ccc(C(=N)N)cc3)cc2)cc1. The third-order valence-corrected chi connectivity index (χ3v) is 4.19. The van der Waals surface area contributed by atoms with E-state index in [-0.39, 0.29) is 12.4 Å². The topological polar surface area (TPSA) is 85.4 Å². The lowest BCUT2D eigenvalue weighted by Gasteiger charge is -2.08. The molecule has 27 heavy (non-hydrogen) atoms. The second-order valence-electron chi connectivity index (χ2n) is 5.96. The number of nitrogens with one attached hydrogen (secondary N) is 1. The molecule has 0 heterocycles.